The fourth-order valence-corrected chi connectivity index (χ4v) is 2.77. The van der Waals surface area contributed by atoms with E-state index in [0.29, 0.717) is 23.3 Å². The molecule has 22 heavy (non-hydrogen) atoms. The lowest BCUT2D eigenvalue weighted by Gasteiger charge is -2.07. The molecule has 1 heterocycles. The first-order valence-corrected chi connectivity index (χ1v) is 7.89. The summed E-state index contributed by atoms with van der Waals surface area (Å²) in [7, 11) is 0. The normalized spacial score (nSPS) is 19.5. The molecule has 0 aliphatic carbocycles. The van der Waals surface area contributed by atoms with Gasteiger partial charge < -0.3 is 10.6 Å². The molecule has 1 atom stereocenters. The molecule has 7 heteroatoms. The number of anilines is 1. The minimum absolute atomic E-state index is 0.0502. The molecular formula is C15H18FN3O2S. The highest BCUT2D eigenvalue weighted by Crippen LogP contribution is 2.23. The van der Waals surface area contributed by atoms with Gasteiger partial charge in [0.1, 0.15) is 11.1 Å². The van der Waals surface area contributed by atoms with Gasteiger partial charge in [-0.25, -0.2) is 4.39 Å². The minimum atomic E-state index is -0.480. The van der Waals surface area contributed by atoms with Gasteiger partial charge in [-0.2, -0.15) is 0 Å². The van der Waals surface area contributed by atoms with E-state index >= 15 is 0 Å². The monoisotopic (exact) mass is 323 g/mol. The van der Waals surface area contributed by atoms with E-state index in [9.17, 15) is 14.0 Å². The third-order valence-electron chi connectivity index (χ3n) is 2.88. The number of aliphatic imine (C=N–C) groups is 1. The van der Waals surface area contributed by atoms with Gasteiger partial charge in [0.05, 0.1) is 0 Å². The van der Waals surface area contributed by atoms with E-state index < -0.39 is 5.25 Å². The first-order valence-electron chi connectivity index (χ1n) is 7.01. The molecule has 0 spiro atoms. The maximum atomic E-state index is 12.8. The Kier molecular flexibility index (Phi) is 5.54. The van der Waals surface area contributed by atoms with Crippen LogP contribution in [0.25, 0.3) is 0 Å². The fourth-order valence-electron chi connectivity index (χ4n) is 1.79. The first kappa shape index (κ1) is 16.5. The molecule has 0 bridgehead atoms. The number of carbonyl (C=O) groups is 2. The zero-order valence-electron chi connectivity index (χ0n) is 12.4. The molecule has 2 amide bonds. The number of thioether (sulfide) groups is 1. The molecule has 5 nitrogen and oxygen atoms in total. The number of nitrogens with one attached hydrogen (secondary N) is 2. The van der Waals surface area contributed by atoms with Gasteiger partial charge in [-0.3, -0.25) is 14.6 Å². The smallest absolute Gasteiger partial charge is 0.240 e. The van der Waals surface area contributed by atoms with Gasteiger partial charge in [0.2, 0.25) is 11.8 Å². The van der Waals surface area contributed by atoms with Crippen molar-refractivity contribution >= 4 is 34.4 Å². The molecule has 0 radical (unpaired) electrons. The SMILES string of the molecule is CC(C)CN=C1NC(=O)C(CC(=O)Nc2ccc(F)cc2)S1. The Labute approximate surface area is 132 Å². The van der Waals surface area contributed by atoms with Crippen LogP contribution in [0.5, 0.6) is 0 Å². The van der Waals surface area contributed by atoms with Crippen LogP contribution in [0.3, 0.4) is 0 Å². The van der Waals surface area contributed by atoms with E-state index in [4.69, 9.17) is 0 Å². The summed E-state index contributed by atoms with van der Waals surface area (Å²) in [5.74, 6) is -0.452. The van der Waals surface area contributed by atoms with E-state index in [1.165, 1.54) is 36.0 Å². The number of amidine groups is 1. The van der Waals surface area contributed by atoms with Gasteiger partial charge in [0, 0.05) is 18.7 Å². The summed E-state index contributed by atoms with van der Waals surface area (Å²) in [5.41, 5.74) is 0.503. The molecular weight excluding hydrogens is 305 g/mol. The van der Waals surface area contributed by atoms with Crippen LogP contribution < -0.4 is 10.6 Å². The van der Waals surface area contributed by atoms with Crippen molar-refractivity contribution in [2.24, 2.45) is 10.9 Å². The van der Waals surface area contributed by atoms with Crippen LogP contribution in [0, 0.1) is 11.7 Å². The molecule has 2 N–H and O–H groups in total. The second-order valence-electron chi connectivity index (χ2n) is 5.39. The fraction of sp³-hybridized carbons (Fsp3) is 0.400. The van der Waals surface area contributed by atoms with E-state index in [0.717, 1.165) is 0 Å². The van der Waals surface area contributed by atoms with Gasteiger partial charge in [-0.1, -0.05) is 25.6 Å². The molecule has 1 fully saturated rings. The Bertz CT molecular complexity index is 587. The number of rotatable bonds is 5. The second kappa shape index (κ2) is 7.40. The molecule has 0 aromatic heterocycles. The summed E-state index contributed by atoms with van der Waals surface area (Å²) >= 11 is 1.27. The zero-order chi connectivity index (χ0) is 16.1. The first-order chi connectivity index (χ1) is 10.4. The third kappa shape index (κ3) is 4.84. The second-order valence-corrected chi connectivity index (χ2v) is 6.59. The molecule has 1 aliphatic rings. The van der Waals surface area contributed by atoms with E-state index in [-0.39, 0.29) is 24.1 Å². The number of nitrogens with zero attached hydrogens (tertiary/aromatic N) is 1. The molecule has 1 saturated heterocycles. The lowest BCUT2D eigenvalue weighted by Crippen LogP contribution is -2.28. The number of carbonyl (C=O) groups excluding carboxylic acids is 2. The number of hydrogen-bond donors (Lipinski definition) is 2. The maximum Gasteiger partial charge on any atom is 0.240 e. The summed E-state index contributed by atoms with van der Waals surface area (Å²) in [6, 6.07) is 5.49. The summed E-state index contributed by atoms with van der Waals surface area (Å²) in [4.78, 5) is 28.1. The van der Waals surface area contributed by atoms with Crippen molar-refractivity contribution in [2.75, 3.05) is 11.9 Å². The standard InChI is InChI=1S/C15H18FN3O2S/c1-9(2)8-17-15-19-14(21)12(22-15)7-13(20)18-11-5-3-10(16)4-6-11/h3-6,9,12H,7-8H2,1-2H3,(H,18,20)(H,17,19,21). The van der Waals surface area contributed by atoms with Gasteiger partial charge >= 0.3 is 0 Å². The Balaban J connectivity index is 1.87. The van der Waals surface area contributed by atoms with Crippen LogP contribution in [-0.2, 0) is 9.59 Å². The highest BCUT2D eigenvalue weighted by Gasteiger charge is 2.31. The lowest BCUT2D eigenvalue weighted by atomic mass is 10.2. The van der Waals surface area contributed by atoms with Crippen molar-refractivity contribution < 1.29 is 14.0 Å². The van der Waals surface area contributed by atoms with Crippen molar-refractivity contribution in [1.82, 2.24) is 5.32 Å². The molecule has 1 unspecified atom stereocenters. The molecule has 1 aromatic rings. The average molecular weight is 323 g/mol. The predicted molar refractivity (Wildman–Crippen MR) is 86.3 cm³/mol. The van der Waals surface area contributed by atoms with Crippen molar-refractivity contribution in [1.29, 1.82) is 0 Å². The maximum absolute atomic E-state index is 12.8. The highest BCUT2D eigenvalue weighted by molar-refractivity contribution is 8.15. The average Bonchev–Trinajstić information content (AvgIpc) is 2.79. The molecule has 1 aliphatic heterocycles. The number of halogens is 1. The Morgan fingerprint density at radius 3 is 2.73 bits per heavy atom. The van der Waals surface area contributed by atoms with E-state index in [1.54, 1.807) is 0 Å². The largest absolute Gasteiger partial charge is 0.326 e. The van der Waals surface area contributed by atoms with Gasteiger partial charge in [0.25, 0.3) is 0 Å². The lowest BCUT2D eigenvalue weighted by molar-refractivity contribution is -0.122. The predicted octanol–water partition coefficient (Wildman–Crippen LogP) is 2.40. The van der Waals surface area contributed by atoms with Crippen LogP contribution in [0.15, 0.2) is 29.3 Å². The van der Waals surface area contributed by atoms with Crippen LogP contribution in [0.1, 0.15) is 20.3 Å². The van der Waals surface area contributed by atoms with E-state index in [1.807, 2.05) is 13.8 Å². The quantitative estimate of drug-likeness (QED) is 0.874. The van der Waals surface area contributed by atoms with Crippen LogP contribution >= 0.6 is 11.8 Å². The van der Waals surface area contributed by atoms with Crippen molar-refractivity contribution in [2.45, 2.75) is 25.5 Å². The molecule has 118 valence electrons. The third-order valence-corrected chi connectivity index (χ3v) is 3.99. The van der Waals surface area contributed by atoms with Crippen molar-refractivity contribution in [3.63, 3.8) is 0 Å². The summed E-state index contributed by atoms with van der Waals surface area (Å²) in [6.07, 6.45) is 0.0502. The topological polar surface area (TPSA) is 70.6 Å². The minimum Gasteiger partial charge on any atom is -0.326 e. The van der Waals surface area contributed by atoms with Gasteiger partial charge in [-0.05, 0) is 30.2 Å². The van der Waals surface area contributed by atoms with E-state index in [2.05, 4.69) is 15.6 Å². The number of hydrogen-bond acceptors (Lipinski definition) is 4. The number of amides is 2. The Morgan fingerprint density at radius 2 is 2.09 bits per heavy atom. The highest BCUT2D eigenvalue weighted by atomic mass is 32.2. The Hall–Kier alpha value is -1.89. The summed E-state index contributed by atoms with van der Waals surface area (Å²) < 4.78 is 12.8. The van der Waals surface area contributed by atoms with Gasteiger partial charge in [-0.15, -0.1) is 0 Å². The molecule has 2 rings (SSSR count). The number of benzene rings is 1. The van der Waals surface area contributed by atoms with Crippen molar-refractivity contribution in [3.05, 3.63) is 30.1 Å². The summed E-state index contributed by atoms with van der Waals surface area (Å²) in [6.45, 7) is 4.72. The zero-order valence-corrected chi connectivity index (χ0v) is 13.2. The van der Waals surface area contributed by atoms with Crippen LogP contribution in [0.2, 0.25) is 0 Å². The van der Waals surface area contributed by atoms with Crippen molar-refractivity contribution in [3.8, 4) is 0 Å². The molecule has 1 aromatic carbocycles. The molecule has 0 saturated carbocycles. The Morgan fingerprint density at radius 1 is 1.41 bits per heavy atom. The summed E-state index contributed by atoms with van der Waals surface area (Å²) in [5, 5.41) is 5.41. The van der Waals surface area contributed by atoms with Crippen LogP contribution in [-0.4, -0.2) is 28.8 Å². The van der Waals surface area contributed by atoms with Gasteiger partial charge in [0.15, 0.2) is 5.17 Å². The van der Waals surface area contributed by atoms with Crippen LogP contribution in [0.4, 0.5) is 10.1 Å².